The van der Waals surface area contributed by atoms with Gasteiger partial charge in [0.25, 0.3) is 0 Å². The summed E-state index contributed by atoms with van der Waals surface area (Å²) in [6.07, 6.45) is 0.486. The highest BCUT2D eigenvalue weighted by atomic mass is 16.4. The molecule has 122 valence electrons. The normalized spacial score (nSPS) is 21.7. The molecule has 2 aromatic rings. The van der Waals surface area contributed by atoms with E-state index in [1.165, 1.54) is 0 Å². The molecular weight excluding hydrogens is 292 g/mol. The van der Waals surface area contributed by atoms with Crippen molar-refractivity contribution in [3.8, 4) is 5.69 Å². The largest absolute Gasteiger partial charge is 0.480 e. The van der Waals surface area contributed by atoms with Gasteiger partial charge in [0.1, 0.15) is 5.54 Å². The minimum absolute atomic E-state index is 0.381. The van der Waals surface area contributed by atoms with Gasteiger partial charge in [-0.05, 0) is 44.0 Å². The Kier molecular flexibility index (Phi) is 3.95. The summed E-state index contributed by atoms with van der Waals surface area (Å²) in [4.78, 5) is 13.3. The lowest BCUT2D eigenvalue weighted by Crippen LogP contribution is -2.50. The molecule has 0 amide bonds. The average Bonchev–Trinajstić information content (AvgIpc) is 3.03. The van der Waals surface area contributed by atoms with Crippen LogP contribution in [0.1, 0.15) is 23.4 Å². The molecule has 1 aliphatic heterocycles. The van der Waals surface area contributed by atoms with Gasteiger partial charge in [0.2, 0.25) is 0 Å². The van der Waals surface area contributed by atoms with E-state index in [1.54, 1.807) is 0 Å². The Morgan fingerprint density at radius 3 is 2.78 bits per heavy atom. The molecule has 0 spiro atoms. The lowest BCUT2D eigenvalue weighted by molar-refractivity contribution is -0.142. The molecule has 3 rings (SSSR count). The number of aryl methyl sites for hydroxylation is 2. The Hall–Kier alpha value is -2.18. The van der Waals surface area contributed by atoms with Crippen molar-refractivity contribution in [2.24, 2.45) is 5.73 Å². The van der Waals surface area contributed by atoms with Crippen LogP contribution in [0.4, 0.5) is 0 Å². The summed E-state index contributed by atoms with van der Waals surface area (Å²) in [7, 11) is 0. The number of aromatic nitrogens is 2. The first-order valence-corrected chi connectivity index (χ1v) is 7.75. The number of carboxylic acid groups (broad SMARTS) is 1. The number of aliphatic carboxylic acids is 1. The number of likely N-dealkylation sites (tertiary alicyclic amines) is 1. The summed E-state index contributed by atoms with van der Waals surface area (Å²) in [5, 5.41) is 13.7. The van der Waals surface area contributed by atoms with Crippen LogP contribution in [0.2, 0.25) is 0 Å². The highest BCUT2D eigenvalue weighted by Gasteiger charge is 2.41. The maximum atomic E-state index is 11.2. The Labute approximate surface area is 135 Å². The smallest absolute Gasteiger partial charge is 0.325 e. The van der Waals surface area contributed by atoms with Crippen molar-refractivity contribution in [2.45, 2.75) is 32.4 Å². The molecule has 1 atom stereocenters. The minimum Gasteiger partial charge on any atom is -0.480 e. The molecule has 0 bridgehead atoms. The minimum atomic E-state index is -1.12. The van der Waals surface area contributed by atoms with Gasteiger partial charge >= 0.3 is 5.97 Å². The fourth-order valence-corrected chi connectivity index (χ4v) is 3.16. The second kappa shape index (κ2) is 5.79. The fourth-order valence-electron chi connectivity index (χ4n) is 3.16. The summed E-state index contributed by atoms with van der Waals surface area (Å²) >= 11 is 0. The third-order valence-electron chi connectivity index (χ3n) is 4.38. The lowest BCUT2D eigenvalue weighted by atomic mass is 10.0. The predicted octanol–water partition coefficient (Wildman–Crippen LogP) is 1.48. The van der Waals surface area contributed by atoms with Gasteiger partial charge < -0.3 is 10.8 Å². The highest BCUT2D eigenvalue weighted by molar-refractivity contribution is 5.79. The molecule has 3 N–H and O–H groups in total. The topological polar surface area (TPSA) is 84.4 Å². The first kappa shape index (κ1) is 15.7. The first-order valence-electron chi connectivity index (χ1n) is 7.75. The standard InChI is InChI=1S/C17H22N4O2/c1-12-8-13(2)21(19-12)15-5-3-4-14(9-15)10-20-7-6-17(18,11-20)16(22)23/h3-5,8-9H,6-7,10-11,18H2,1-2H3,(H,22,23). The van der Waals surface area contributed by atoms with Crippen molar-refractivity contribution in [3.05, 3.63) is 47.3 Å². The van der Waals surface area contributed by atoms with E-state index in [1.807, 2.05) is 42.8 Å². The third kappa shape index (κ3) is 3.13. The van der Waals surface area contributed by atoms with E-state index in [0.29, 0.717) is 26.1 Å². The molecule has 1 aromatic carbocycles. The van der Waals surface area contributed by atoms with Crippen LogP contribution in [-0.2, 0) is 11.3 Å². The molecule has 23 heavy (non-hydrogen) atoms. The Bertz CT molecular complexity index is 740. The Balaban J connectivity index is 1.77. The third-order valence-corrected chi connectivity index (χ3v) is 4.38. The molecular formula is C17H22N4O2. The van der Waals surface area contributed by atoms with E-state index in [-0.39, 0.29) is 0 Å². The molecule has 2 heterocycles. The van der Waals surface area contributed by atoms with Crippen LogP contribution in [-0.4, -0.2) is 44.4 Å². The number of hydrogen-bond donors (Lipinski definition) is 2. The molecule has 1 aromatic heterocycles. The van der Waals surface area contributed by atoms with Gasteiger partial charge in [0.15, 0.2) is 0 Å². The van der Waals surface area contributed by atoms with Gasteiger partial charge in [-0.25, -0.2) is 4.68 Å². The SMILES string of the molecule is Cc1cc(C)n(-c2cccc(CN3CCC(N)(C(=O)O)C3)c2)n1. The molecule has 6 heteroatoms. The van der Waals surface area contributed by atoms with Crippen LogP contribution in [0.5, 0.6) is 0 Å². The van der Waals surface area contributed by atoms with E-state index >= 15 is 0 Å². The van der Waals surface area contributed by atoms with Gasteiger partial charge in [-0.2, -0.15) is 5.10 Å². The number of hydrogen-bond acceptors (Lipinski definition) is 4. The van der Waals surface area contributed by atoms with Gasteiger partial charge in [-0.15, -0.1) is 0 Å². The van der Waals surface area contributed by atoms with Crippen LogP contribution in [0.15, 0.2) is 30.3 Å². The maximum absolute atomic E-state index is 11.2. The summed E-state index contributed by atoms with van der Waals surface area (Å²) in [6.45, 7) is 5.78. The van der Waals surface area contributed by atoms with E-state index in [0.717, 1.165) is 22.6 Å². The number of carbonyl (C=O) groups is 1. The molecule has 1 fully saturated rings. The highest BCUT2D eigenvalue weighted by Crippen LogP contribution is 2.22. The van der Waals surface area contributed by atoms with Crippen LogP contribution >= 0.6 is 0 Å². The zero-order valence-corrected chi connectivity index (χ0v) is 13.5. The van der Waals surface area contributed by atoms with Gasteiger partial charge in [-0.1, -0.05) is 12.1 Å². The molecule has 1 aliphatic rings. The monoisotopic (exact) mass is 314 g/mol. The first-order chi connectivity index (χ1) is 10.9. The summed E-state index contributed by atoms with van der Waals surface area (Å²) in [6, 6.07) is 10.2. The summed E-state index contributed by atoms with van der Waals surface area (Å²) in [5.41, 5.74) is 9.04. The van der Waals surface area contributed by atoms with Gasteiger partial charge in [0.05, 0.1) is 11.4 Å². The number of nitrogens with zero attached hydrogens (tertiary/aromatic N) is 3. The van der Waals surface area contributed by atoms with Crippen LogP contribution in [0.3, 0.4) is 0 Å². The molecule has 1 unspecified atom stereocenters. The average molecular weight is 314 g/mol. The predicted molar refractivity (Wildman–Crippen MR) is 87.5 cm³/mol. The van der Waals surface area contributed by atoms with E-state index in [9.17, 15) is 9.90 Å². The van der Waals surface area contributed by atoms with Crippen molar-refractivity contribution in [2.75, 3.05) is 13.1 Å². The molecule has 0 aliphatic carbocycles. The summed E-state index contributed by atoms with van der Waals surface area (Å²) < 4.78 is 1.92. The van der Waals surface area contributed by atoms with Crippen LogP contribution < -0.4 is 5.73 Å². The second-order valence-corrected chi connectivity index (χ2v) is 6.43. The van der Waals surface area contributed by atoms with E-state index in [2.05, 4.69) is 16.1 Å². The van der Waals surface area contributed by atoms with Crippen molar-refractivity contribution in [1.29, 1.82) is 0 Å². The molecule has 0 saturated carbocycles. The Morgan fingerprint density at radius 1 is 1.39 bits per heavy atom. The molecule has 6 nitrogen and oxygen atoms in total. The quantitative estimate of drug-likeness (QED) is 0.893. The van der Waals surface area contributed by atoms with E-state index < -0.39 is 11.5 Å². The fraction of sp³-hybridized carbons (Fsp3) is 0.412. The maximum Gasteiger partial charge on any atom is 0.325 e. The number of carboxylic acids is 1. The van der Waals surface area contributed by atoms with Crippen molar-refractivity contribution >= 4 is 5.97 Å². The second-order valence-electron chi connectivity index (χ2n) is 6.43. The zero-order chi connectivity index (χ0) is 16.6. The van der Waals surface area contributed by atoms with E-state index in [4.69, 9.17) is 5.73 Å². The van der Waals surface area contributed by atoms with Crippen molar-refractivity contribution < 1.29 is 9.90 Å². The number of rotatable bonds is 4. The van der Waals surface area contributed by atoms with Gasteiger partial charge in [0, 0.05) is 25.3 Å². The Morgan fingerprint density at radius 2 is 2.17 bits per heavy atom. The lowest BCUT2D eigenvalue weighted by Gasteiger charge is -2.20. The van der Waals surface area contributed by atoms with Gasteiger partial charge in [-0.3, -0.25) is 9.69 Å². The van der Waals surface area contributed by atoms with Crippen LogP contribution in [0, 0.1) is 13.8 Å². The number of nitrogens with two attached hydrogens (primary N) is 1. The molecule has 0 radical (unpaired) electrons. The molecule has 1 saturated heterocycles. The summed E-state index contributed by atoms with van der Waals surface area (Å²) in [5.74, 6) is -0.920. The van der Waals surface area contributed by atoms with Crippen molar-refractivity contribution in [1.82, 2.24) is 14.7 Å². The zero-order valence-electron chi connectivity index (χ0n) is 13.5. The van der Waals surface area contributed by atoms with Crippen molar-refractivity contribution in [3.63, 3.8) is 0 Å². The number of benzene rings is 1. The van der Waals surface area contributed by atoms with Crippen LogP contribution in [0.25, 0.3) is 5.69 Å².